The monoisotopic (exact) mass is 271 g/mol. The molecule has 0 bridgehead atoms. The highest BCUT2D eigenvalue weighted by Crippen LogP contribution is 2.25. The maximum Gasteiger partial charge on any atom is 0.339 e. The van der Waals surface area contributed by atoms with Crippen LogP contribution in [0.15, 0.2) is 18.2 Å². The van der Waals surface area contributed by atoms with E-state index in [1.54, 1.807) is 0 Å². The van der Waals surface area contributed by atoms with Crippen molar-refractivity contribution in [2.45, 2.75) is 19.4 Å². The summed E-state index contributed by atoms with van der Waals surface area (Å²) in [6.45, 7) is 4.40. The maximum atomic E-state index is 11.1. The number of benzene rings is 1. The molecule has 0 spiro atoms. The van der Waals surface area contributed by atoms with Gasteiger partial charge in [-0.15, -0.1) is 0 Å². The maximum absolute atomic E-state index is 11.1. The van der Waals surface area contributed by atoms with Crippen LogP contribution in [0.3, 0.4) is 0 Å². The van der Waals surface area contributed by atoms with Gasteiger partial charge in [-0.1, -0.05) is 11.6 Å². The Hall–Kier alpha value is -1.26. The molecule has 0 radical (unpaired) electrons. The number of carbonyl (C=O) groups is 1. The summed E-state index contributed by atoms with van der Waals surface area (Å²) in [5, 5.41) is 9.52. The highest BCUT2D eigenvalue weighted by atomic mass is 35.5. The molecule has 4 nitrogen and oxygen atoms in total. The average molecular weight is 272 g/mol. The Morgan fingerprint density at radius 1 is 1.44 bits per heavy atom. The van der Waals surface area contributed by atoms with Crippen molar-refractivity contribution in [1.29, 1.82) is 0 Å². The van der Waals surface area contributed by atoms with Crippen molar-refractivity contribution in [3.05, 3.63) is 28.8 Å². The zero-order valence-electron chi connectivity index (χ0n) is 11.0. The molecule has 1 aromatic rings. The normalized spacial score (nSPS) is 11.7. The molecule has 100 valence electrons. The molecule has 18 heavy (non-hydrogen) atoms. The van der Waals surface area contributed by atoms with Crippen LogP contribution in [-0.2, 0) is 0 Å². The minimum Gasteiger partial charge on any atom is -0.491 e. The number of halogens is 1. The molecule has 0 saturated heterocycles. The van der Waals surface area contributed by atoms with Crippen LogP contribution in [0.4, 0.5) is 0 Å². The first kappa shape index (κ1) is 14.8. The first-order chi connectivity index (χ1) is 8.24. The zero-order chi connectivity index (χ0) is 13.9. The lowest BCUT2D eigenvalue weighted by Gasteiger charge is -2.32. The number of ether oxygens (including phenoxy) is 1. The van der Waals surface area contributed by atoms with Crippen molar-refractivity contribution in [2.24, 2.45) is 0 Å². The smallest absolute Gasteiger partial charge is 0.339 e. The summed E-state index contributed by atoms with van der Waals surface area (Å²) in [7, 11) is 3.89. The second kappa shape index (κ2) is 5.59. The lowest BCUT2D eigenvalue weighted by Crippen LogP contribution is -2.43. The summed E-state index contributed by atoms with van der Waals surface area (Å²) in [5.74, 6) is -0.728. The Bertz CT molecular complexity index is 444. The molecule has 5 heteroatoms. The molecule has 0 fully saturated rings. The number of carboxylic acids is 1. The second-order valence-corrected chi connectivity index (χ2v) is 5.38. The molecule has 0 aliphatic heterocycles. The number of hydrogen-bond donors (Lipinski definition) is 1. The minimum atomic E-state index is -1.02. The van der Waals surface area contributed by atoms with Crippen LogP contribution < -0.4 is 4.74 Å². The molecule has 1 rings (SSSR count). The summed E-state index contributed by atoms with van der Waals surface area (Å²) >= 11 is 5.85. The minimum absolute atomic E-state index is 0.119. The highest BCUT2D eigenvalue weighted by Gasteiger charge is 2.22. The molecule has 0 aliphatic carbocycles. The fraction of sp³-hybridized carbons (Fsp3) is 0.462. The third-order valence-corrected chi connectivity index (χ3v) is 3.20. The Morgan fingerprint density at radius 2 is 2.06 bits per heavy atom. The molecule has 0 amide bonds. The van der Waals surface area contributed by atoms with Gasteiger partial charge in [-0.3, -0.25) is 0 Å². The molecular weight excluding hydrogens is 254 g/mol. The predicted octanol–water partition coefficient (Wildman–Crippen LogP) is 2.76. The largest absolute Gasteiger partial charge is 0.491 e. The molecule has 0 aliphatic rings. The van der Waals surface area contributed by atoms with Crippen LogP contribution in [0.5, 0.6) is 5.75 Å². The van der Waals surface area contributed by atoms with Gasteiger partial charge in [0.2, 0.25) is 0 Å². The van der Waals surface area contributed by atoms with E-state index in [1.807, 2.05) is 32.8 Å². The van der Waals surface area contributed by atoms with Crippen molar-refractivity contribution in [1.82, 2.24) is 4.90 Å². The van der Waals surface area contributed by atoms with E-state index < -0.39 is 5.97 Å². The summed E-state index contributed by atoms with van der Waals surface area (Å²) in [6.07, 6.45) is 0. The van der Waals surface area contributed by atoms with Gasteiger partial charge in [-0.25, -0.2) is 4.79 Å². The van der Waals surface area contributed by atoms with Crippen LogP contribution in [0.25, 0.3) is 0 Å². The van der Waals surface area contributed by atoms with Crippen LogP contribution in [0.1, 0.15) is 24.2 Å². The van der Waals surface area contributed by atoms with Crippen molar-refractivity contribution >= 4 is 17.6 Å². The number of aromatic carboxylic acids is 1. The lowest BCUT2D eigenvalue weighted by atomic mass is 10.1. The molecule has 0 saturated carbocycles. The molecule has 1 N–H and O–H groups in total. The van der Waals surface area contributed by atoms with Crippen molar-refractivity contribution in [3.63, 3.8) is 0 Å². The Balaban J connectivity index is 2.90. The fourth-order valence-corrected chi connectivity index (χ4v) is 1.34. The van der Waals surface area contributed by atoms with Gasteiger partial charge < -0.3 is 14.7 Å². The van der Waals surface area contributed by atoms with Gasteiger partial charge in [0.05, 0.1) is 0 Å². The standard InChI is InChI=1S/C13H18ClNO3/c1-13(2,15(3)4)8-18-11-7-9(14)5-6-10(11)12(16)17/h5-7H,8H2,1-4H3,(H,16,17). The van der Waals surface area contributed by atoms with Gasteiger partial charge in [0.15, 0.2) is 0 Å². The number of nitrogens with zero attached hydrogens (tertiary/aromatic N) is 1. The van der Waals surface area contributed by atoms with E-state index >= 15 is 0 Å². The predicted molar refractivity (Wildman–Crippen MR) is 71.7 cm³/mol. The molecule has 0 heterocycles. The molecule has 1 aromatic carbocycles. The summed E-state index contributed by atoms with van der Waals surface area (Å²) < 4.78 is 5.60. The van der Waals surface area contributed by atoms with Crippen LogP contribution >= 0.6 is 11.6 Å². The van der Waals surface area contributed by atoms with Crippen LogP contribution in [-0.4, -0.2) is 42.2 Å². The molecular formula is C13H18ClNO3. The Labute approximate surface area is 112 Å². The van der Waals surface area contributed by atoms with Crippen molar-refractivity contribution < 1.29 is 14.6 Å². The Morgan fingerprint density at radius 3 is 2.56 bits per heavy atom. The fourth-order valence-electron chi connectivity index (χ4n) is 1.18. The number of carboxylic acid groups (broad SMARTS) is 1. The van der Waals surface area contributed by atoms with Gasteiger partial charge in [0.1, 0.15) is 17.9 Å². The van der Waals surface area contributed by atoms with Gasteiger partial charge in [0, 0.05) is 10.6 Å². The van der Waals surface area contributed by atoms with E-state index in [-0.39, 0.29) is 11.1 Å². The van der Waals surface area contributed by atoms with E-state index in [1.165, 1.54) is 18.2 Å². The quantitative estimate of drug-likeness (QED) is 0.895. The molecule has 0 unspecified atom stereocenters. The summed E-state index contributed by atoms with van der Waals surface area (Å²) in [6, 6.07) is 4.51. The Kier molecular flexibility index (Phi) is 4.59. The summed E-state index contributed by atoms with van der Waals surface area (Å²) in [4.78, 5) is 13.1. The molecule has 0 aromatic heterocycles. The van der Waals surface area contributed by atoms with Gasteiger partial charge in [-0.05, 0) is 46.1 Å². The zero-order valence-corrected chi connectivity index (χ0v) is 11.8. The SMILES string of the molecule is CN(C)C(C)(C)COc1cc(Cl)ccc1C(=O)O. The van der Waals surface area contributed by atoms with E-state index in [0.29, 0.717) is 17.4 Å². The van der Waals surface area contributed by atoms with Crippen LogP contribution in [0, 0.1) is 0 Å². The number of hydrogen-bond acceptors (Lipinski definition) is 3. The first-order valence-electron chi connectivity index (χ1n) is 5.57. The van der Waals surface area contributed by atoms with Gasteiger partial charge in [0.25, 0.3) is 0 Å². The average Bonchev–Trinajstić information content (AvgIpc) is 2.26. The highest BCUT2D eigenvalue weighted by molar-refractivity contribution is 6.30. The van der Waals surface area contributed by atoms with Crippen LogP contribution in [0.2, 0.25) is 5.02 Å². The van der Waals surface area contributed by atoms with E-state index in [4.69, 9.17) is 21.4 Å². The third-order valence-electron chi connectivity index (χ3n) is 2.97. The first-order valence-corrected chi connectivity index (χ1v) is 5.95. The molecule has 0 atom stereocenters. The van der Waals surface area contributed by atoms with Crippen molar-refractivity contribution in [3.8, 4) is 5.75 Å². The van der Waals surface area contributed by atoms with Gasteiger partial charge >= 0.3 is 5.97 Å². The van der Waals surface area contributed by atoms with Gasteiger partial charge in [-0.2, -0.15) is 0 Å². The summed E-state index contributed by atoms with van der Waals surface area (Å²) in [5.41, 5.74) is -0.0769. The van der Waals surface area contributed by atoms with E-state index in [0.717, 1.165) is 0 Å². The number of likely N-dealkylation sites (N-methyl/N-ethyl adjacent to an activating group) is 1. The topological polar surface area (TPSA) is 49.8 Å². The van der Waals surface area contributed by atoms with E-state index in [2.05, 4.69) is 0 Å². The lowest BCUT2D eigenvalue weighted by molar-refractivity contribution is 0.0684. The second-order valence-electron chi connectivity index (χ2n) is 4.94. The van der Waals surface area contributed by atoms with E-state index in [9.17, 15) is 4.79 Å². The van der Waals surface area contributed by atoms with Crippen molar-refractivity contribution in [2.75, 3.05) is 20.7 Å². The number of rotatable bonds is 5. The third kappa shape index (κ3) is 3.62.